The summed E-state index contributed by atoms with van der Waals surface area (Å²) in [6.45, 7) is 3.04. The number of carbonyl (C=O) groups excluding carboxylic acids is 2. The topological polar surface area (TPSA) is 69.6 Å². The molecule has 1 aliphatic carbocycles. The van der Waals surface area contributed by atoms with E-state index in [1.165, 1.54) is 0 Å². The molecule has 0 aromatic carbocycles. The number of likely N-dealkylation sites (tertiary alicyclic amines) is 1. The number of rotatable bonds is 6. The number of nitrogens with zero attached hydrogens (tertiary/aromatic N) is 1. The molecule has 19 heavy (non-hydrogen) atoms. The number of carbonyl (C=O) groups is 2. The van der Waals surface area contributed by atoms with Crippen molar-refractivity contribution in [2.45, 2.75) is 57.6 Å². The van der Waals surface area contributed by atoms with E-state index in [2.05, 4.69) is 5.32 Å². The minimum Gasteiger partial charge on any atom is -0.393 e. The molecule has 1 aliphatic heterocycles. The lowest BCUT2D eigenvalue weighted by atomic mass is 10.2. The van der Waals surface area contributed by atoms with Crippen LogP contribution in [0, 0.1) is 5.92 Å². The second-order valence-electron chi connectivity index (χ2n) is 5.75. The summed E-state index contributed by atoms with van der Waals surface area (Å²) >= 11 is 0. The Balaban J connectivity index is 1.75. The van der Waals surface area contributed by atoms with Gasteiger partial charge in [0.2, 0.25) is 11.8 Å². The third-order valence-electron chi connectivity index (χ3n) is 3.86. The molecule has 1 saturated carbocycles. The van der Waals surface area contributed by atoms with Crippen molar-refractivity contribution < 1.29 is 14.7 Å². The molecule has 5 heteroatoms. The second-order valence-corrected chi connectivity index (χ2v) is 5.75. The molecule has 0 spiro atoms. The highest BCUT2D eigenvalue weighted by molar-refractivity contribution is 5.89. The van der Waals surface area contributed by atoms with Gasteiger partial charge in [0.05, 0.1) is 6.10 Å². The van der Waals surface area contributed by atoms with Gasteiger partial charge in [0.1, 0.15) is 6.04 Å². The minimum atomic E-state index is -0.323. The van der Waals surface area contributed by atoms with Gasteiger partial charge in [-0.15, -0.1) is 0 Å². The van der Waals surface area contributed by atoms with E-state index in [0.717, 1.165) is 38.6 Å². The Hall–Kier alpha value is -1.10. The zero-order chi connectivity index (χ0) is 13.8. The monoisotopic (exact) mass is 268 g/mol. The van der Waals surface area contributed by atoms with E-state index in [4.69, 9.17) is 5.11 Å². The van der Waals surface area contributed by atoms with Gasteiger partial charge in [-0.1, -0.05) is 0 Å². The molecule has 108 valence electrons. The highest BCUT2D eigenvalue weighted by Crippen LogP contribution is 2.33. The molecule has 2 rings (SSSR count). The molecular weight excluding hydrogens is 244 g/mol. The average molecular weight is 268 g/mol. The smallest absolute Gasteiger partial charge is 0.242 e. The molecule has 0 bridgehead atoms. The molecule has 1 heterocycles. The molecule has 2 atom stereocenters. The minimum absolute atomic E-state index is 0.0305. The maximum absolute atomic E-state index is 12.1. The fourth-order valence-corrected chi connectivity index (χ4v) is 2.59. The zero-order valence-electron chi connectivity index (χ0n) is 11.6. The summed E-state index contributed by atoms with van der Waals surface area (Å²) in [5.41, 5.74) is 0. The summed E-state index contributed by atoms with van der Waals surface area (Å²) in [5.74, 6) is 0.322. The van der Waals surface area contributed by atoms with Gasteiger partial charge in [0, 0.05) is 19.0 Å². The van der Waals surface area contributed by atoms with Crippen LogP contribution in [0.1, 0.15) is 45.4 Å². The standard InChI is InChI=1S/C14H24N2O3/c1-10(17)4-2-8-15-13(18)12-5-3-9-16(12)14(19)11-6-7-11/h10-12,17H,2-9H2,1H3,(H,15,18). The quantitative estimate of drug-likeness (QED) is 0.695. The molecule has 2 N–H and O–H groups in total. The van der Waals surface area contributed by atoms with Gasteiger partial charge in [-0.25, -0.2) is 0 Å². The van der Waals surface area contributed by atoms with E-state index in [1.54, 1.807) is 11.8 Å². The van der Waals surface area contributed by atoms with Gasteiger partial charge < -0.3 is 15.3 Å². The Morgan fingerprint density at radius 3 is 2.74 bits per heavy atom. The third kappa shape index (κ3) is 3.93. The molecular formula is C14H24N2O3. The molecule has 5 nitrogen and oxygen atoms in total. The molecule has 2 amide bonds. The first kappa shape index (κ1) is 14.3. The van der Waals surface area contributed by atoms with Crippen LogP contribution in [-0.2, 0) is 9.59 Å². The first-order chi connectivity index (χ1) is 9.09. The van der Waals surface area contributed by atoms with Crippen molar-refractivity contribution in [2.24, 2.45) is 5.92 Å². The number of hydrogen-bond donors (Lipinski definition) is 2. The summed E-state index contributed by atoms with van der Waals surface area (Å²) in [7, 11) is 0. The van der Waals surface area contributed by atoms with Crippen molar-refractivity contribution in [3.63, 3.8) is 0 Å². The fraction of sp³-hybridized carbons (Fsp3) is 0.857. The lowest BCUT2D eigenvalue weighted by Gasteiger charge is -2.24. The number of aliphatic hydroxyl groups is 1. The summed E-state index contributed by atoms with van der Waals surface area (Å²) in [6, 6.07) is -0.264. The van der Waals surface area contributed by atoms with Gasteiger partial charge in [0.15, 0.2) is 0 Å². The molecule has 0 aromatic heterocycles. The van der Waals surface area contributed by atoms with Gasteiger partial charge >= 0.3 is 0 Å². The average Bonchev–Trinajstić information content (AvgIpc) is 3.10. The largest absolute Gasteiger partial charge is 0.393 e. The van der Waals surface area contributed by atoms with Crippen LogP contribution in [0.25, 0.3) is 0 Å². The van der Waals surface area contributed by atoms with Gasteiger partial charge in [0.25, 0.3) is 0 Å². The molecule has 2 fully saturated rings. The van der Waals surface area contributed by atoms with Crippen LogP contribution in [0.2, 0.25) is 0 Å². The Kier molecular flexibility index (Phi) is 4.80. The Labute approximate surface area is 114 Å². The zero-order valence-corrected chi connectivity index (χ0v) is 11.6. The van der Waals surface area contributed by atoms with Crippen LogP contribution in [0.4, 0.5) is 0 Å². The van der Waals surface area contributed by atoms with E-state index < -0.39 is 0 Å². The van der Waals surface area contributed by atoms with E-state index in [-0.39, 0.29) is 29.9 Å². The highest BCUT2D eigenvalue weighted by atomic mass is 16.3. The van der Waals surface area contributed by atoms with Crippen LogP contribution >= 0.6 is 0 Å². The Bertz CT molecular complexity index is 340. The summed E-state index contributed by atoms with van der Waals surface area (Å²) in [6.07, 6.45) is 4.81. The third-order valence-corrected chi connectivity index (χ3v) is 3.86. The number of aliphatic hydroxyl groups excluding tert-OH is 1. The predicted octanol–water partition coefficient (Wildman–Crippen LogP) is 0.665. The lowest BCUT2D eigenvalue weighted by Crippen LogP contribution is -2.46. The highest BCUT2D eigenvalue weighted by Gasteiger charge is 2.40. The first-order valence-electron chi connectivity index (χ1n) is 7.36. The maximum Gasteiger partial charge on any atom is 0.242 e. The Morgan fingerprint density at radius 2 is 2.11 bits per heavy atom. The van der Waals surface area contributed by atoms with Crippen LogP contribution in [0.15, 0.2) is 0 Å². The number of amides is 2. The maximum atomic E-state index is 12.1. The molecule has 1 saturated heterocycles. The lowest BCUT2D eigenvalue weighted by molar-refractivity contribution is -0.139. The van der Waals surface area contributed by atoms with Crippen molar-refractivity contribution in [3.8, 4) is 0 Å². The van der Waals surface area contributed by atoms with Gasteiger partial charge in [-0.05, 0) is 45.4 Å². The molecule has 0 aromatic rings. The Morgan fingerprint density at radius 1 is 1.37 bits per heavy atom. The summed E-state index contributed by atoms with van der Waals surface area (Å²) < 4.78 is 0. The first-order valence-corrected chi connectivity index (χ1v) is 7.36. The van der Waals surface area contributed by atoms with E-state index in [0.29, 0.717) is 13.0 Å². The SMILES string of the molecule is CC(O)CCCNC(=O)C1CCCN1C(=O)C1CC1. The fourth-order valence-electron chi connectivity index (χ4n) is 2.59. The van der Waals surface area contributed by atoms with Crippen molar-refractivity contribution in [3.05, 3.63) is 0 Å². The number of nitrogens with one attached hydrogen (secondary N) is 1. The van der Waals surface area contributed by atoms with E-state index >= 15 is 0 Å². The van der Waals surface area contributed by atoms with Crippen molar-refractivity contribution in [2.75, 3.05) is 13.1 Å². The van der Waals surface area contributed by atoms with Crippen molar-refractivity contribution in [1.82, 2.24) is 10.2 Å². The van der Waals surface area contributed by atoms with Gasteiger partial charge in [-0.2, -0.15) is 0 Å². The van der Waals surface area contributed by atoms with Crippen LogP contribution in [0.3, 0.4) is 0 Å². The molecule has 2 unspecified atom stereocenters. The van der Waals surface area contributed by atoms with E-state index in [9.17, 15) is 9.59 Å². The van der Waals surface area contributed by atoms with Crippen molar-refractivity contribution in [1.29, 1.82) is 0 Å². The van der Waals surface area contributed by atoms with Crippen molar-refractivity contribution >= 4 is 11.8 Å². The normalized spacial score (nSPS) is 24.3. The summed E-state index contributed by atoms with van der Waals surface area (Å²) in [5, 5.41) is 12.0. The van der Waals surface area contributed by atoms with Crippen LogP contribution in [-0.4, -0.2) is 47.1 Å². The van der Waals surface area contributed by atoms with E-state index in [1.807, 2.05) is 0 Å². The number of hydrogen-bond acceptors (Lipinski definition) is 3. The van der Waals surface area contributed by atoms with Crippen LogP contribution < -0.4 is 5.32 Å². The van der Waals surface area contributed by atoms with Gasteiger partial charge in [-0.3, -0.25) is 9.59 Å². The molecule has 2 aliphatic rings. The summed E-state index contributed by atoms with van der Waals surface area (Å²) in [4.78, 5) is 25.9. The van der Waals surface area contributed by atoms with Crippen LogP contribution in [0.5, 0.6) is 0 Å². The second kappa shape index (κ2) is 6.37. The molecule has 0 radical (unpaired) electrons. The predicted molar refractivity (Wildman–Crippen MR) is 71.4 cm³/mol.